The van der Waals surface area contributed by atoms with Gasteiger partial charge in [-0.25, -0.2) is 0 Å². The van der Waals surface area contributed by atoms with Crippen molar-refractivity contribution in [3.63, 3.8) is 0 Å². The highest BCUT2D eigenvalue weighted by atomic mass is 16.1. The number of carbonyl (C=O) groups is 1. The summed E-state index contributed by atoms with van der Waals surface area (Å²) in [7, 11) is 3.87. The average molecular weight is 230 g/mol. The average Bonchev–Trinajstić information content (AvgIpc) is 2.63. The maximum Gasteiger partial charge on any atom is 0.147 e. The molecule has 1 heterocycles. The van der Waals surface area contributed by atoms with Crippen LogP contribution in [0.2, 0.25) is 0 Å². The molecule has 2 rings (SSSR count). The predicted molar refractivity (Wildman–Crippen MR) is 70.2 cm³/mol. The molecular weight excluding hydrogens is 212 g/mol. The lowest BCUT2D eigenvalue weighted by atomic mass is 10.0. The van der Waals surface area contributed by atoms with Crippen LogP contribution in [-0.2, 0) is 18.3 Å². The molecule has 0 spiro atoms. The molecular formula is C14H18N2O. The van der Waals surface area contributed by atoms with Crippen LogP contribution in [-0.4, -0.2) is 23.4 Å². The van der Waals surface area contributed by atoms with Gasteiger partial charge in [-0.2, -0.15) is 0 Å². The van der Waals surface area contributed by atoms with Gasteiger partial charge in [-0.15, -0.1) is 0 Å². The third-order valence-corrected chi connectivity index (χ3v) is 3.24. The van der Waals surface area contributed by atoms with Gasteiger partial charge in [0.05, 0.1) is 6.04 Å². The standard InChI is InChI=1S/C14H18N2O/c1-10(17)13(15-2)8-11-9-16(3)14-7-5-4-6-12(11)14/h4-7,9,13,15H,8H2,1-3H3/t13-/m0/s1. The van der Waals surface area contributed by atoms with E-state index in [4.69, 9.17) is 0 Å². The summed E-state index contributed by atoms with van der Waals surface area (Å²) in [4.78, 5) is 11.5. The molecule has 2 aromatic rings. The van der Waals surface area contributed by atoms with E-state index in [0.29, 0.717) is 0 Å². The van der Waals surface area contributed by atoms with Gasteiger partial charge < -0.3 is 9.88 Å². The number of hydrogen-bond acceptors (Lipinski definition) is 2. The first-order chi connectivity index (χ1) is 8.13. The number of para-hydroxylation sites is 1. The van der Waals surface area contributed by atoms with E-state index in [0.717, 1.165) is 6.42 Å². The molecule has 0 fully saturated rings. The van der Waals surface area contributed by atoms with Gasteiger partial charge in [0.25, 0.3) is 0 Å². The number of nitrogens with zero attached hydrogens (tertiary/aromatic N) is 1. The molecule has 0 aliphatic carbocycles. The number of fused-ring (bicyclic) bond motifs is 1. The molecule has 0 radical (unpaired) electrons. The zero-order valence-electron chi connectivity index (χ0n) is 10.5. The number of carbonyl (C=O) groups excluding carboxylic acids is 1. The maximum absolute atomic E-state index is 11.5. The van der Waals surface area contributed by atoms with Crippen molar-refractivity contribution >= 4 is 16.7 Å². The molecule has 17 heavy (non-hydrogen) atoms. The number of rotatable bonds is 4. The molecule has 0 unspecified atom stereocenters. The predicted octanol–water partition coefficient (Wildman–Crippen LogP) is 1.90. The highest BCUT2D eigenvalue weighted by molar-refractivity contribution is 5.86. The third-order valence-electron chi connectivity index (χ3n) is 3.24. The Labute approximate surface area is 101 Å². The Morgan fingerprint density at radius 1 is 1.41 bits per heavy atom. The van der Waals surface area contributed by atoms with Crippen molar-refractivity contribution in [3.05, 3.63) is 36.0 Å². The molecule has 90 valence electrons. The molecule has 1 atom stereocenters. The summed E-state index contributed by atoms with van der Waals surface area (Å²) in [6.07, 6.45) is 2.85. The maximum atomic E-state index is 11.5. The van der Waals surface area contributed by atoms with Gasteiger partial charge in [0.2, 0.25) is 0 Å². The number of aryl methyl sites for hydroxylation is 1. The van der Waals surface area contributed by atoms with Crippen molar-refractivity contribution in [1.29, 1.82) is 0 Å². The number of Topliss-reactive ketones (excluding diaryl/α,β-unsaturated/α-hetero) is 1. The molecule has 1 aromatic carbocycles. The summed E-state index contributed by atoms with van der Waals surface area (Å²) in [5, 5.41) is 4.30. The van der Waals surface area contributed by atoms with Crippen LogP contribution in [0.15, 0.2) is 30.5 Å². The highest BCUT2D eigenvalue weighted by Crippen LogP contribution is 2.21. The number of ketones is 1. The Morgan fingerprint density at radius 3 is 2.76 bits per heavy atom. The minimum absolute atomic E-state index is 0.0965. The fraction of sp³-hybridized carbons (Fsp3) is 0.357. The quantitative estimate of drug-likeness (QED) is 0.870. The molecule has 3 heteroatoms. The second-order valence-electron chi connectivity index (χ2n) is 4.44. The van der Waals surface area contributed by atoms with E-state index in [1.807, 2.05) is 26.2 Å². The Kier molecular flexibility index (Phi) is 3.29. The summed E-state index contributed by atoms with van der Waals surface area (Å²) < 4.78 is 2.11. The number of benzene rings is 1. The summed E-state index contributed by atoms with van der Waals surface area (Å²) in [6, 6.07) is 8.18. The molecule has 0 aliphatic rings. The van der Waals surface area contributed by atoms with Crippen LogP contribution in [0.4, 0.5) is 0 Å². The van der Waals surface area contributed by atoms with E-state index < -0.39 is 0 Å². The molecule has 3 nitrogen and oxygen atoms in total. The van der Waals surface area contributed by atoms with Crippen LogP contribution in [0.25, 0.3) is 10.9 Å². The number of aromatic nitrogens is 1. The van der Waals surface area contributed by atoms with Gasteiger partial charge in [0.15, 0.2) is 0 Å². The second-order valence-corrected chi connectivity index (χ2v) is 4.44. The lowest BCUT2D eigenvalue weighted by Gasteiger charge is -2.11. The highest BCUT2D eigenvalue weighted by Gasteiger charge is 2.15. The molecule has 1 aromatic heterocycles. The largest absolute Gasteiger partial charge is 0.350 e. The molecule has 1 N–H and O–H groups in total. The lowest BCUT2D eigenvalue weighted by Crippen LogP contribution is -2.34. The first-order valence-corrected chi connectivity index (χ1v) is 5.84. The summed E-state index contributed by atoms with van der Waals surface area (Å²) in [6.45, 7) is 1.63. The summed E-state index contributed by atoms with van der Waals surface area (Å²) >= 11 is 0. The van der Waals surface area contributed by atoms with Crippen LogP contribution in [0.3, 0.4) is 0 Å². The van der Waals surface area contributed by atoms with Crippen molar-refractivity contribution < 1.29 is 4.79 Å². The van der Waals surface area contributed by atoms with E-state index in [9.17, 15) is 4.79 Å². The van der Waals surface area contributed by atoms with Crippen LogP contribution < -0.4 is 5.32 Å². The summed E-state index contributed by atoms with van der Waals surface area (Å²) in [5.41, 5.74) is 2.43. The molecule has 0 bridgehead atoms. The van der Waals surface area contributed by atoms with E-state index >= 15 is 0 Å². The number of likely N-dealkylation sites (N-methyl/N-ethyl adjacent to an activating group) is 1. The molecule has 0 saturated heterocycles. The van der Waals surface area contributed by atoms with Gasteiger partial charge in [-0.3, -0.25) is 4.79 Å². The van der Waals surface area contributed by atoms with Gasteiger partial charge in [-0.05, 0) is 32.0 Å². The normalized spacial score (nSPS) is 12.9. The topological polar surface area (TPSA) is 34.0 Å². The van der Waals surface area contributed by atoms with Crippen molar-refractivity contribution in [1.82, 2.24) is 9.88 Å². The van der Waals surface area contributed by atoms with E-state index in [1.54, 1.807) is 6.92 Å². The van der Waals surface area contributed by atoms with Crippen molar-refractivity contribution in [2.75, 3.05) is 7.05 Å². The van der Waals surface area contributed by atoms with Crippen LogP contribution in [0.1, 0.15) is 12.5 Å². The monoisotopic (exact) mass is 230 g/mol. The van der Waals surface area contributed by atoms with E-state index in [2.05, 4.69) is 28.2 Å². The SMILES string of the molecule is CN[C@@H](Cc1cn(C)c2ccccc12)C(C)=O. The van der Waals surface area contributed by atoms with Crippen molar-refractivity contribution in [2.24, 2.45) is 7.05 Å². The molecule has 0 amide bonds. The fourth-order valence-electron chi connectivity index (χ4n) is 2.26. The minimum atomic E-state index is -0.0965. The van der Waals surface area contributed by atoms with Gasteiger partial charge in [-0.1, -0.05) is 18.2 Å². The third kappa shape index (κ3) is 2.24. The van der Waals surface area contributed by atoms with Gasteiger partial charge in [0.1, 0.15) is 5.78 Å². The van der Waals surface area contributed by atoms with Crippen LogP contribution in [0, 0.1) is 0 Å². The first kappa shape index (κ1) is 11.9. The van der Waals surface area contributed by atoms with Crippen LogP contribution in [0.5, 0.6) is 0 Å². The zero-order chi connectivity index (χ0) is 12.4. The van der Waals surface area contributed by atoms with E-state index in [1.165, 1.54) is 16.5 Å². The number of nitrogens with one attached hydrogen (secondary N) is 1. The van der Waals surface area contributed by atoms with Crippen LogP contribution >= 0.6 is 0 Å². The lowest BCUT2D eigenvalue weighted by molar-refractivity contribution is -0.118. The molecule has 0 saturated carbocycles. The minimum Gasteiger partial charge on any atom is -0.350 e. The Balaban J connectivity index is 2.39. The Bertz CT molecular complexity index is 542. The van der Waals surface area contributed by atoms with Crippen molar-refractivity contribution in [3.8, 4) is 0 Å². The van der Waals surface area contributed by atoms with E-state index in [-0.39, 0.29) is 11.8 Å². The summed E-state index contributed by atoms with van der Waals surface area (Å²) in [5.74, 6) is 0.181. The van der Waals surface area contributed by atoms with Gasteiger partial charge >= 0.3 is 0 Å². The zero-order valence-corrected chi connectivity index (χ0v) is 10.5. The smallest absolute Gasteiger partial charge is 0.147 e. The second kappa shape index (κ2) is 4.72. The Hall–Kier alpha value is -1.61. The number of hydrogen-bond donors (Lipinski definition) is 1. The Morgan fingerprint density at radius 2 is 2.12 bits per heavy atom. The van der Waals surface area contributed by atoms with Gasteiger partial charge in [0, 0.05) is 24.1 Å². The molecule has 0 aliphatic heterocycles. The first-order valence-electron chi connectivity index (χ1n) is 5.84. The fourth-order valence-corrected chi connectivity index (χ4v) is 2.26. The van der Waals surface area contributed by atoms with Crippen molar-refractivity contribution in [2.45, 2.75) is 19.4 Å².